The van der Waals surface area contributed by atoms with Gasteiger partial charge >= 0.3 is 0 Å². The largest absolute Gasteiger partial charge is 0.301 e. The molecule has 0 fully saturated rings. The summed E-state index contributed by atoms with van der Waals surface area (Å²) in [5.41, 5.74) is 2.70. The van der Waals surface area contributed by atoms with Crippen molar-refractivity contribution in [3.63, 3.8) is 0 Å². The van der Waals surface area contributed by atoms with Gasteiger partial charge in [-0.1, -0.05) is 48.0 Å². The monoisotopic (exact) mass is 303 g/mol. The van der Waals surface area contributed by atoms with Gasteiger partial charge in [-0.3, -0.25) is 0 Å². The molecular weight excluding hydrogens is 286 g/mol. The SMILES string of the molecule is CN(Cc1ccccc1Cl)CC1Cc2ccccc2S1. The van der Waals surface area contributed by atoms with Gasteiger partial charge in [-0.2, -0.15) is 0 Å². The summed E-state index contributed by atoms with van der Waals surface area (Å²) in [4.78, 5) is 3.81. The number of nitrogens with zero attached hydrogens (tertiary/aromatic N) is 1. The molecule has 1 heterocycles. The third-order valence-corrected chi connectivity index (χ3v) is 5.30. The second-order valence-electron chi connectivity index (χ2n) is 5.34. The Hall–Kier alpha value is -0.960. The van der Waals surface area contributed by atoms with Gasteiger partial charge in [0.25, 0.3) is 0 Å². The highest BCUT2D eigenvalue weighted by Gasteiger charge is 2.22. The van der Waals surface area contributed by atoms with E-state index < -0.39 is 0 Å². The van der Waals surface area contributed by atoms with Gasteiger partial charge in [-0.05, 0) is 36.7 Å². The van der Waals surface area contributed by atoms with Crippen LogP contribution in [0.2, 0.25) is 5.02 Å². The molecule has 0 bridgehead atoms. The zero-order chi connectivity index (χ0) is 13.9. The normalized spacial score (nSPS) is 17.4. The van der Waals surface area contributed by atoms with Crippen LogP contribution in [0.5, 0.6) is 0 Å². The van der Waals surface area contributed by atoms with Gasteiger partial charge in [0, 0.05) is 28.3 Å². The van der Waals surface area contributed by atoms with Crippen molar-refractivity contribution >= 4 is 23.4 Å². The van der Waals surface area contributed by atoms with Gasteiger partial charge in [-0.15, -0.1) is 11.8 Å². The maximum Gasteiger partial charge on any atom is 0.0451 e. The van der Waals surface area contributed by atoms with Crippen molar-refractivity contribution < 1.29 is 0 Å². The Bertz CT molecular complexity index is 574. The molecule has 1 atom stereocenters. The molecule has 1 aliphatic heterocycles. The molecule has 104 valence electrons. The van der Waals surface area contributed by atoms with Crippen molar-refractivity contribution in [2.45, 2.75) is 23.1 Å². The summed E-state index contributed by atoms with van der Waals surface area (Å²) in [6.07, 6.45) is 1.17. The van der Waals surface area contributed by atoms with E-state index in [1.165, 1.54) is 22.4 Å². The van der Waals surface area contributed by atoms with E-state index in [9.17, 15) is 0 Å². The molecule has 1 unspecified atom stereocenters. The zero-order valence-electron chi connectivity index (χ0n) is 11.6. The maximum atomic E-state index is 6.23. The van der Waals surface area contributed by atoms with Gasteiger partial charge in [0.2, 0.25) is 0 Å². The Kier molecular flexibility index (Phi) is 4.35. The number of halogens is 1. The van der Waals surface area contributed by atoms with Crippen molar-refractivity contribution in [3.8, 4) is 0 Å². The molecule has 0 saturated carbocycles. The van der Waals surface area contributed by atoms with Crippen LogP contribution in [0, 0.1) is 0 Å². The zero-order valence-corrected chi connectivity index (χ0v) is 13.1. The lowest BCUT2D eigenvalue weighted by Gasteiger charge is -2.20. The van der Waals surface area contributed by atoms with Crippen LogP contribution in [-0.2, 0) is 13.0 Å². The van der Waals surface area contributed by atoms with E-state index in [0.29, 0.717) is 5.25 Å². The quantitative estimate of drug-likeness (QED) is 0.819. The lowest BCUT2D eigenvalue weighted by molar-refractivity contribution is 0.327. The summed E-state index contributed by atoms with van der Waals surface area (Å²) >= 11 is 8.23. The molecule has 2 aromatic rings. The van der Waals surface area contributed by atoms with Crippen LogP contribution >= 0.6 is 23.4 Å². The van der Waals surface area contributed by atoms with Crippen molar-refractivity contribution in [3.05, 3.63) is 64.7 Å². The van der Waals surface area contributed by atoms with E-state index >= 15 is 0 Å². The fraction of sp³-hybridized carbons (Fsp3) is 0.294. The highest BCUT2D eigenvalue weighted by molar-refractivity contribution is 8.00. The molecule has 0 radical (unpaired) electrons. The minimum absolute atomic E-state index is 0.653. The number of rotatable bonds is 4. The first-order chi connectivity index (χ1) is 9.72. The van der Waals surface area contributed by atoms with Crippen molar-refractivity contribution in [1.82, 2.24) is 4.90 Å². The van der Waals surface area contributed by atoms with Crippen molar-refractivity contribution in [1.29, 1.82) is 0 Å². The minimum Gasteiger partial charge on any atom is -0.301 e. The summed E-state index contributed by atoms with van der Waals surface area (Å²) in [7, 11) is 2.17. The van der Waals surface area contributed by atoms with E-state index in [2.05, 4.69) is 48.3 Å². The van der Waals surface area contributed by atoms with Crippen LogP contribution in [0.25, 0.3) is 0 Å². The molecule has 3 rings (SSSR count). The second kappa shape index (κ2) is 6.21. The average Bonchev–Trinajstić information content (AvgIpc) is 2.83. The first kappa shape index (κ1) is 14.0. The third kappa shape index (κ3) is 3.20. The molecule has 1 nitrogen and oxygen atoms in total. The number of benzene rings is 2. The van der Waals surface area contributed by atoms with Crippen molar-refractivity contribution in [2.24, 2.45) is 0 Å². The Morgan fingerprint density at radius 1 is 1.15 bits per heavy atom. The van der Waals surface area contributed by atoms with E-state index in [-0.39, 0.29) is 0 Å². The second-order valence-corrected chi connectivity index (χ2v) is 7.09. The molecule has 0 amide bonds. The summed E-state index contributed by atoms with van der Waals surface area (Å²) in [5, 5.41) is 1.52. The number of thioether (sulfide) groups is 1. The predicted octanol–water partition coefficient (Wildman–Crippen LogP) is 4.49. The average molecular weight is 304 g/mol. The van der Waals surface area contributed by atoms with Gasteiger partial charge in [-0.25, -0.2) is 0 Å². The summed E-state index contributed by atoms with van der Waals surface area (Å²) in [6, 6.07) is 16.8. The van der Waals surface area contributed by atoms with Gasteiger partial charge in [0.15, 0.2) is 0 Å². The highest BCUT2D eigenvalue weighted by Crippen LogP contribution is 2.37. The third-order valence-electron chi connectivity index (χ3n) is 3.63. The Morgan fingerprint density at radius 2 is 1.90 bits per heavy atom. The molecule has 3 heteroatoms. The topological polar surface area (TPSA) is 3.24 Å². The standard InChI is InChI=1S/C17H18ClNS/c1-19(11-14-7-2-4-8-16(14)18)12-15-10-13-6-3-5-9-17(13)20-15/h2-9,15H,10-12H2,1H3. The lowest BCUT2D eigenvalue weighted by Crippen LogP contribution is -2.26. The molecule has 20 heavy (non-hydrogen) atoms. The fourth-order valence-corrected chi connectivity index (χ4v) is 4.29. The molecule has 0 spiro atoms. The van der Waals surface area contributed by atoms with E-state index in [1.54, 1.807) is 0 Å². The molecule has 0 aromatic heterocycles. The Morgan fingerprint density at radius 3 is 2.70 bits per heavy atom. The summed E-state index contributed by atoms with van der Waals surface area (Å²) in [5.74, 6) is 0. The molecule has 0 saturated heterocycles. The smallest absolute Gasteiger partial charge is 0.0451 e. The van der Waals surface area contributed by atoms with E-state index in [0.717, 1.165) is 18.1 Å². The first-order valence-corrected chi connectivity index (χ1v) is 8.14. The van der Waals surface area contributed by atoms with Gasteiger partial charge < -0.3 is 4.90 Å². The van der Waals surface area contributed by atoms with Gasteiger partial charge in [0.1, 0.15) is 0 Å². The first-order valence-electron chi connectivity index (χ1n) is 6.89. The number of fused-ring (bicyclic) bond motifs is 1. The highest BCUT2D eigenvalue weighted by atomic mass is 35.5. The van der Waals surface area contributed by atoms with Crippen LogP contribution < -0.4 is 0 Å². The summed E-state index contributed by atoms with van der Waals surface area (Å²) < 4.78 is 0. The van der Waals surface area contributed by atoms with Crippen LogP contribution in [-0.4, -0.2) is 23.7 Å². The summed E-state index contributed by atoms with van der Waals surface area (Å²) in [6.45, 7) is 2.00. The Balaban J connectivity index is 1.59. The molecule has 1 aliphatic rings. The van der Waals surface area contributed by atoms with E-state index in [1.807, 2.05) is 23.9 Å². The van der Waals surface area contributed by atoms with Crippen molar-refractivity contribution in [2.75, 3.05) is 13.6 Å². The maximum absolute atomic E-state index is 6.23. The predicted molar refractivity (Wildman–Crippen MR) is 87.6 cm³/mol. The molecule has 0 aliphatic carbocycles. The number of hydrogen-bond acceptors (Lipinski definition) is 2. The van der Waals surface area contributed by atoms with Gasteiger partial charge in [0.05, 0.1) is 0 Å². The number of hydrogen-bond donors (Lipinski definition) is 0. The molecule has 2 aromatic carbocycles. The molecule has 0 N–H and O–H groups in total. The van der Waals surface area contributed by atoms with Crippen LogP contribution in [0.1, 0.15) is 11.1 Å². The lowest BCUT2D eigenvalue weighted by atomic mass is 10.1. The minimum atomic E-state index is 0.653. The fourth-order valence-electron chi connectivity index (χ4n) is 2.69. The van der Waals surface area contributed by atoms with Crippen LogP contribution in [0.4, 0.5) is 0 Å². The van der Waals surface area contributed by atoms with Crippen LogP contribution in [0.3, 0.4) is 0 Å². The van der Waals surface area contributed by atoms with E-state index in [4.69, 9.17) is 11.6 Å². The molecular formula is C17H18ClNS. The van der Waals surface area contributed by atoms with Crippen LogP contribution in [0.15, 0.2) is 53.4 Å². The Labute approximate surface area is 129 Å².